The average Bonchev–Trinajstić information content (AvgIpc) is 2.62. The van der Waals surface area contributed by atoms with Crippen LogP contribution in [0, 0.1) is 6.92 Å². The predicted molar refractivity (Wildman–Crippen MR) is 91.9 cm³/mol. The van der Waals surface area contributed by atoms with Gasteiger partial charge < -0.3 is 20.1 Å². The molecule has 3 rings (SSSR count). The SMILES string of the molecule is COC(=O)C1=C(CN2CCOCC2)NC(=O)N[C@H]1c1ccc(C)cc1. The van der Waals surface area contributed by atoms with Gasteiger partial charge in [-0.1, -0.05) is 29.8 Å². The minimum Gasteiger partial charge on any atom is -0.466 e. The molecule has 1 saturated heterocycles. The van der Waals surface area contributed by atoms with Crippen LogP contribution in [0.4, 0.5) is 4.79 Å². The Morgan fingerprint density at radius 2 is 1.96 bits per heavy atom. The lowest BCUT2D eigenvalue weighted by Gasteiger charge is -2.33. The number of methoxy groups -OCH3 is 1. The van der Waals surface area contributed by atoms with E-state index < -0.39 is 12.0 Å². The van der Waals surface area contributed by atoms with Crippen molar-refractivity contribution in [2.24, 2.45) is 0 Å². The second kappa shape index (κ2) is 7.67. The molecule has 0 radical (unpaired) electrons. The van der Waals surface area contributed by atoms with E-state index >= 15 is 0 Å². The third-order valence-corrected chi connectivity index (χ3v) is 4.46. The van der Waals surface area contributed by atoms with Crippen LogP contribution < -0.4 is 10.6 Å². The predicted octanol–water partition coefficient (Wildman–Crippen LogP) is 1.11. The number of rotatable bonds is 4. The van der Waals surface area contributed by atoms with Gasteiger partial charge in [0.2, 0.25) is 0 Å². The topological polar surface area (TPSA) is 79.9 Å². The molecule has 2 amide bonds. The minimum atomic E-state index is -0.530. The van der Waals surface area contributed by atoms with E-state index in [0.717, 1.165) is 24.2 Å². The number of benzene rings is 1. The highest BCUT2D eigenvalue weighted by Crippen LogP contribution is 2.28. The molecule has 2 heterocycles. The summed E-state index contributed by atoms with van der Waals surface area (Å²) in [5.74, 6) is -0.443. The van der Waals surface area contributed by atoms with Gasteiger partial charge in [0.25, 0.3) is 0 Å². The maximum absolute atomic E-state index is 12.5. The van der Waals surface area contributed by atoms with Gasteiger partial charge in [-0.3, -0.25) is 4.90 Å². The first-order valence-electron chi connectivity index (χ1n) is 8.34. The molecule has 0 bridgehead atoms. The Labute approximate surface area is 147 Å². The van der Waals surface area contributed by atoms with Crippen LogP contribution in [0.3, 0.4) is 0 Å². The lowest BCUT2D eigenvalue weighted by molar-refractivity contribution is -0.136. The van der Waals surface area contributed by atoms with Gasteiger partial charge in [0, 0.05) is 25.3 Å². The van der Waals surface area contributed by atoms with Crippen molar-refractivity contribution in [1.82, 2.24) is 15.5 Å². The molecule has 2 aliphatic heterocycles. The van der Waals surface area contributed by atoms with Crippen LogP contribution >= 0.6 is 0 Å². The minimum absolute atomic E-state index is 0.318. The van der Waals surface area contributed by atoms with Crippen LogP contribution in [-0.2, 0) is 14.3 Å². The van der Waals surface area contributed by atoms with Crippen LogP contribution in [0.5, 0.6) is 0 Å². The van der Waals surface area contributed by atoms with Crippen LogP contribution in [0.2, 0.25) is 0 Å². The van der Waals surface area contributed by atoms with E-state index in [0.29, 0.717) is 31.0 Å². The van der Waals surface area contributed by atoms with Gasteiger partial charge in [0.05, 0.1) is 31.9 Å². The fourth-order valence-corrected chi connectivity index (χ4v) is 3.09. The maximum Gasteiger partial charge on any atom is 0.338 e. The highest BCUT2D eigenvalue weighted by molar-refractivity contribution is 5.95. The second-order valence-corrected chi connectivity index (χ2v) is 6.21. The van der Waals surface area contributed by atoms with E-state index in [4.69, 9.17) is 9.47 Å². The molecule has 134 valence electrons. The van der Waals surface area contributed by atoms with E-state index in [1.807, 2.05) is 31.2 Å². The summed E-state index contributed by atoms with van der Waals surface area (Å²) in [7, 11) is 1.35. The summed E-state index contributed by atoms with van der Waals surface area (Å²) in [6.45, 7) is 5.28. The number of hydrogen-bond acceptors (Lipinski definition) is 5. The zero-order valence-electron chi connectivity index (χ0n) is 14.5. The van der Waals surface area contributed by atoms with E-state index in [-0.39, 0.29) is 6.03 Å². The van der Waals surface area contributed by atoms with Gasteiger partial charge in [-0.15, -0.1) is 0 Å². The van der Waals surface area contributed by atoms with Crippen molar-refractivity contribution in [3.05, 3.63) is 46.7 Å². The molecule has 2 aliphatic rings. The van der Waals surface area contributed by atoms with Gasteiger partial charge in [-0.25, -0.2) is 9.59 Å². The van der Waals surface area contributed by atoms with Crippen molar-refractivity contribution in [2.45, 2.75) is 13.0 Å². The molecular formula is C18H23N3O4. The van der Waals surface area contributed by atoms with Crippen molar-refractivity contribution >= 4 is 12.0 Å². The summed E-state index contributed by atoms with van der Waals surface area (Å²) in [6, 6.07) is 6.90. The molecule has 25 heavy (non-hydrogen) atoms. The molecule has 0 aromatic heterocycles. The Hall–Kier alpha value is -2.38. The standard InChI is InChI=1S/C18H23N3O4/c1-12-3-5-13(6-4-12)16-15(17(22)24-2)14(19-18(23)20-16)11-21-7-9-25-10-8-21/h3-6,16H,7-11H2,1-2H3,(H2,19,20,23)/t16-/m0/s1. The molecular weight excluding hydrogens is 322 g/mol. The fourth-order valence-electron chi connectivity index (χ4n) is 3.09. The molecule has 0 unspecified atom stereocenters. The summed E-state index contributed by atoms with van der Waals surface area (Å²) < 4.78 is 10.3. The quantitative estimate of drug-likeness (QED) is 0.799. The lowest BCUT2D eigenvalue weighted by atomic mass is 9.94. The lowest BCUT2D eigenvalue weighted by Crippen LogP contribution is -2.49. The summed E-state index contributed by atoms with van der Waals surface area (Å²) >= 11 is 0. The number of ether oxygens (including phenoxy) is 2. The summed E-state index contributed by atoms with van der Waals surface area (Å²) in [6.07, 6.45) is 0. The monoisotopic (exact) mass is 345 g/mol. The highest BCUT2D eigenvalue weighted by Gasteiger charge is 2.34. The Kier molecular flexibility index (Phi) is 5.35. The van der Waals surface area contributed by atoms with E-state index in [9.17, 15) is 9.59 Å². The Balaban J connectivity index is 1.96. The molecule has 1 fully saturated rings. The van der Waals surface area contributed by atoms with Crippen molar-refractivity contribution in [1.29, 1.82) is 0 Å². The summed E-state index contributed by atoms with van der Waals surface area (Å²) in [4.78, 5) is 26.8. The molecule has 7 heteroatoms. The number of esters is 1. The molecule has 2 N–H and O–H groups in total. The fraction of sp³-hybridized carbons (Fsp3) is 0.444. The van der Waals surface area contributed by atoms with Gasteiger partial charge in [-0.2, -0.15) is 0 Å². The number of carbonyl (C=O) groups is 2. The number of amides is 2. The number of urea groups is 1. The normalized spacial score (nSPS) is 21.5. The number of nitrogens with one attached hydrogen (secondary N) is 2. The largest absolute Gasteiger partial charge is 0.466 e. The smallest absolute Gasteiger partial charge is 0.338 e. The van der Waals surface area contributed by atoms with Crippen molar-refractivity contribution in [2.75, 3.05) is 40.0 Å². The first-order valence-corrected chi connectivity index (χ1v) is 8.34. The Bertz CT molecular complexity index is 678. The second-order valence-electron chi connectivity index (χ2n) is 6.21. The number of carbonyl (C=O) groups excluding carboxylic acids is 2. The van der Waals surface area contributed by atoms with Crippen LogP contribution in [0.15, 0.2) is 35.5 Å². The molecule has 1 aromatic carbocycles. The summed E-state index contributed by atoms with van der Waals surface area (Å²) in [5, 5.41) is 5.62. The number of morpholine rings is 1. The Morgan fingerprint density at radius 1 is 1.28 bits per heavy atom. The van der Waals surface area contributed by atoms with E-state index in [1.165, 1.54) is 7.11 Å². The van der Waals surface area contributed by atoms with Crippen LogP contribution in [0.25, 0.3) is 0 Å². The van der Waals surface area contributed by atoms with Crippen LogP contribution in [0.1, 0.15) is 17.2 Å². The molecule has 1 aromatic rings. The average molecular weight is 345 g/mol. The van der Waals surface area contributed by atoms with Crippen molar-refractivity contribution in [3.8, 4) is 0 Å². The highest BCUT2D eigenvalue weighted by atomic mass is 16.5. The molecule has 0 spiro atoms. The molecule has 1 atom stereocenters. The number of hydrogen-bond donors (Lipinski definition) is 2. The van der Waals surface area contributed by atoms with Crippen molar-refractivity contribution in [3.63, 3.8) is 0 Å². The molecule has 7 nitrogen and oxygen atoms in total. The maximum atomic E-state index is 12.5. The third-order valence-electron chi connectivity index (χ3n) is 4.46. The number of nitrogens with zero attached hydrogens (tertiary/aromatic N) is 1. The number of aryl methyl sites for hydroxylation is 1. The first kappa shape index (κ1) is 17.4. The van der Waals surface area contributed by atoms with Crippen LogP contribution in [-0.4, -0.2) is 56.9 Å². The van der Waals surface area contributed by atoms with Crippen molar-refractivity contribution < 1.29 is 19.1 Å². The van der Waals surface area contributed by atoms with E-state index in [1.54, 1.807) is 0 Å². The zero-order chi connectivity index (χ0) is 17.8. The van der Waals surface area contributed by atoms with Gasteiger partial charge in [-0.05, 0) is 12.5 Å². The van der Waals surface area contributed by atoms with Gasteiger partial charge in [0.15, 0.2) is 0 Å². The zero-order valence-corrected chi connectivity index (χ0v) is 14.5. The third kappa shape index (κ3) is 4.00. The molecule has 0 saturated carbocycles. The first-order chi connectivity index (χ1) is 12.1. The summed E-state index contributed by atoms with van der Waals surface area (Å²) in [5.41, 5.74) is 2.99. The van der Waals surface area contributed by atoms with Gasteiger partial charge >= 0.3 is 12.0 Å². The van der Waals surface area contributed by atoms with Gasteiger partial charge in [0.1, 0.15) is 0 Å². The van der Waals surface area contributed by atoms with E-state index in [2.05, 4.69) is 15.5 Å². The Morgan fingerprint density at radius 3 is 2.60 bits per heavy atom. The molecule has 0 aliphatic carbocycles.